The van der Waals surface area contributed by atoms with Crippen LogP contribution in [0.1, 0.15) is 23.1 Å². The number of aromatic nitrogens is 2. The van der Waals surface area contributed by atoms with Crippen molar-refractivity contribution in [3.8, 4) is 11.4 Å². The maximum atomic E-state index is 6.16. The second-order valence-corrected chi connectivity index (χ2v) is 8.01. The zero-order valence-corrected chi connectivity index (χ0v) is 18.8. The van der Waals surface area contributed by atoms with Crippen molar-refractivity contribution in [3.63, 3.8) is 0 Å². The van der Waals surface area contributed by atoms with Gasteiger partial charge in [0.2, 0.25) is 0 Å². The van der Waals surface area contributed by atoms with Crippen LogP contribution in [0, 0.1) is 12.8 Å². The SMILES string of the molecule is CN=C(NCc1ccc(C)cc1OCC1CCOC1)NCc1ccccc1-n1cccn1. The lowest BCUT2D eigenvalue weighted by Gasteiger charge is -2.17. The Balaban J connectivity index is 1.36. The number of hydrogen-bond acceptors (Lipinski definition) is 4. The molecule has 0 amide bonds. The molecule has 1 saturated heterocycles. The fraction of sp³-hybridized carbons (Fsp3) is 0.360. The van der Waals surface area contributed by atoms with Crippen LogP contribution < -0.4 is 15.4 Å². The third kappa shape index (κ3) is 5.68. The van der Waals surface area contributed by atoms with E-state index in [4.69, 9.17) is 9.47 Å². The Morgan fingerprint density at radius 2 is 2.00 bits per heavy atom. The van der Waals surface area contributed by atoms with Crippen LogP contribution in [0.15, 0.2) is 65.9 Å². The molecular formula is C25H31N5O2. The second kappa shape index (κ2) is 10.8. The summed E-state index contributed by atoms with van der Waals surface area (Å²) in [6.45, 7) is 5.65. The maximum Gasteiger partial charge on any atom is 0.191 e. The quantitative estimate of drug-likeness (QED) is 0.420. The van der Waals surface area contributed by atoms with Crippen LogP contribution in [0.25, 0.3) is 5.69 Å². The molecule has 0 spiro atoms. The highest BCUT2D eigenvalue weighted by Gasteiger charge is 2.17. The Morgan fingerprint density at radius 3 is 2.75 bits per heavy atom. The summed E-state index contributed by atoms with van der Waals surface area (Å²) in [5.41, 5.74) is 4.47. The van der Waals surface area contributed by atoms with Crippen LogP contribution in [-0.2, 0) is 17.8 Å². The number of aryl methyl sites for hydroxylation is 1. The number of nitrogens with zero attached hydrogens (tertiary/aromatic N) is 3. The summed E-state index contributed by atoms with van der Waals surface area (Å²) in [6.07, 6.45) is 4.80. The summed E-state index contributed by atoms with van der Waals surface area (Å²) in [7, 11) is 1.78. The fourth-order valence-corrected chi connectivity index (χ4v) is 3.74. The average molecular weight is 434 g/mol. The molecule has 1 fully saturated rings. The van der Waals surface area contributed by atoms with Gasteiger partial charge in [0, 0.05) is 50.6 Å². The number of rotatable bonds is 8. The molecule has 32 heavy (non-hydrogen) atoms. The summed E-state index contributed by atoms with van der Waals surface area (Å²) in [4.78, 5) is 4.38. The van der Waals surface area contributed by atoms with E-state index in [1.54, 1.807) is 13.2 Å². The van der Waals surface area contributed by atoms with Crippen molar-refractivity contribution in [1.82, 2.24) is 20.4 Å². The molecule has 7 nitrogen and oxygen atoms in total. The first-order valence-electron chi connectivity index (χ1n) is 11.1. The third-order valence-electron chi connectivity index (χ3n) is 5.58. The Kier molecular flexibility index (Phi) is 7.40. The average Bonchev–Trinajstić information content (AvgIpc) is 3.53. The van der Waals surface area contributed by atoms with Crippen LogP contribution in [0.3, 0.4) is 0 Å². The predicted octanol–water partition coefficient (Wildman–Crippen LogP) is 3.46. The van der Waals surface area contributed by atoms with Crippen molar-refractivity contribution >= 4 is 5.96 Å². The van der Waals surface area contributed by atoms with Crippen molar-refractivity contribution in [2.45, 2.75) is 26.4 Å². The first kappa shape index (κ1) is 21.9. The summed E-state index contributed by atoms with van der Waals surface area (Å²) in [6, 6.07) is 16.5. The van der Waals surface area contributed by atoms with E-state index in [1.807, 2.05) is 29.1 Å². The lowest BCUT2D eigenvalue weighted by atomic mass is 10.1. The number of ether oxygens (including phenoxy) is 2. The zero-order chi connectivity index (χ0) is 22.2. The van der Waals surface area contributed by atoms with Gasteiger partial charge in [0.15, 0.2) is 5.96 Å². The largest absolute Gasteiger partial charge is 0.493 e. The molecule has 2 aromatic carbocycles. The smallest absolute Gasteiger partial charge is 0.191 e. The van der Waals surface area contributed by atoms with Crippen molar-refractivity contribution in [3.05, 3.63) is 77.6 Å². The van der Waals surface area contributed by atoms with E-state index in [0.717, 1.165) is 48.2 Å². The number of aliphatic imine (C=N–C) groups is 1. The number of para-hydroxylation sites is 1. The lowest BCUT2D eigenvalue weighted by Crippen LogP contribution is -2.36. The van der Waals surface area contributed by atoms with Crippen LogP contribution in [0.2, 0.25) is 0 Å². The molecule has 1 atom stereocenters. The molecule has 3 aromatic rings. The highest BCUT2D eigenvalue weighted by Crippen LogP contribution is 2.22. The zero-order valence-electron chi connectivity index (χ0n) is 18.8. The molecule has 2 N–H and O–H groups in total. The molecule has 0 aliphatic carbocycles. The molecule has 2 heterocycles. The fourth-order valence-electron chi connectivity index (χ4n) is 3.74. The van der Waals surface area contributed by atoms with Gasteiger partial charge in [-0.3, -0.25) is 4.99 Å². The van der Waals surface area contributed by atoms with E-state index < -0.39 is 0 Å². The normalized spacial score (nSPS) is 16.2. The Labute approximate surface area is 189 Å². The summed E-state index contributed by atoms with van der Waals surface area (Å²) in [5, 5.41) is 11.2. The number of hydrogen-bond donors (Lipinski definition) is 2. The van der Waals surface area contributed by atoms with E-state index in [0.29, 0.717) is 25.6 Å². The predicted molar refractivity (Wildman–Crippen MR) is 126 cm³/mol. The molecular weight excluding hydrogens is 402 g/mol. The van der Waals surface area contributed by atoms with Gasteiger partial charge in [-0.2, -0.15) is 5.10 Å². The molecule has 7 heteroatoms. The highest BCUT2D eigenvalue weighted by molar-refractivity contribution is 5.79. The van der Waals surface area contributed by atoms with Crippen molar-refractivity contribution < 1.29 is 9.47 Å². The summed E-state index contributed by atoms with van der Waals surface area (Å²) in [5.74, 6) is 2.13. The van der Waals surface area contributed by atoms with E-state index in [9.17, 15) is 0 Å². The Morgan fingerprint density at radius 1 is 1.16 bits per heavy atom. The molecule has 168 valence electrons. The summed E-state index contributed by atoms with van der Waals surface area (Å²) < 4.78 is 13.5. The Hall–Kier alpha value is -3.32. The van der Waals surface area contributed by atoms with Crippen LogP contribution in [0.5, 0.6) is 5.75 Å². The summed E-state index contributed by atoms with van der Waals surface area (Å²) >= 11 is 0. The molecule has 0 bridgehead atoms. The molecule has 1 aliphatic heterocycles. The maximum absolute atomic E-state index is 6.16. The minimum Gasteiger partial charge on any atom is -0.493 e. The molecule has 1 aliphatic rings. The first-order chi connectivity index (χ1) is 15.7. The molecule has 4 rings (SSSR count). The van der Waals surface area contributed by atoms with E-state index in [-0.39, 0.29) is 0 Å². The molecule has 0 saturated carbocycles. The second-order valence-electron chi connectivity index (χ2n) is 8.01. The van der Waals surface area contributed by atoms with E-state index in [2.05, 4.69) is 58.0 Å². The van der Waals surface area contributed by atoms with E-state index >= 15 is 0 Å². The van der Waals surface area contributed by atoms with Gasteiger partial charge in [0.05, 0.1) is 18.9 Å². The topological polar surface area (TPSA) is 72.7 Å². The molecule has 1 unspecified atom stereocenters. The van der Waals surface area contributed by atoms with Gasteiger partial charge < -0.3 is 20.1 Å². The van der Waals surface area contributed by atoms with Crippen molar-refractivity contribution in [2.24, 2.45) is 10.9 Å². The van der Waals surface area contributed by atoms with Crippen molar-refractivity contribution in [2.75, 3.05) is 26.9 Å². The van der Waals surface area contributed by atoms with Gasteiger partial charge in [-0.15, -0.1) is 0 Å². The lowest BCUT2D eigenvalue weighted by molar-refractivity contribution is 0.166. The first-order valence-corrected chi connectivity index (χ1v) is 11.1. The molecule has 1 aromatic heterocycles. The highest BCUT2D eigenvalue weighted by atomic mass is 16.5. The number of guanidine groups is 1. The van der Waals surface area contributed by atoms with Gasteiger partial charge in [-0.25, -0.2) is 4.68 Å². The minimum atomic E-state index is 0.473. The van der Waals surface area contributed by atoms with Gasteiger partial charge in [0.25, 0.3) is 0 Å². The van der Waals surface area contributed by atoms with Crippen molar-refractivity contribution in [1.29, 1.82) is 0 Å². The van der Waals surface area contributed by atoms with Crippen LogP contribution >= 0.6 is 0 Å². The third-order valence-corrected chi connectivity index (χ3v) is 5.58. The van der Waals surface area contributed by atoms with Gasteiger partial charge >= 0.3 is 0 Å². The Bertz CT molecular complexity index is 1030. The standard InChI is InChI=1S/C25H31N5O2/c1-19-8-9-22(24(14-19)32-18-20-10-13-31-17-20)16-28-25(26-2)27-15-21-6-3-4-7-23(21)30-12-5-11-29-30/h3-9,11-12,14,20H,10,13,15-18H2,1-2H3,(H2,26,27,28). The monoisotopic (exact) mass is 433 g/mol. The minimum absolute atomic E-state index is 0.473. The van der Waals surface area contributed by atoms with Gasteiger partial charge in [0.1, 0.15) is 5.75 Å². The number of benzene rings is 2. The van der Waals surface area contributed by atoms with Crippen LogP contribution in [0.4, 0.5) is 0 Å². The van der Waals surface area contributed by atoms with E-state index in [1.165, 1.54) is 5.56 Å². The van der Waals surface area contributed by atoms with Gasteiger partial charge in [-0.05, 0) is 42.7 Å². The van der Waals surface area contributed by atoms with Gasteiger partial charge in [-0.1, -0.05) is 30.3 Å². The molecule has 0 radical (unpaired) electrons. The van der Waals surface area contributed by atoms with Crippen LogP contribution in [-0.4, -0.2) is 42.6 Å². The number of nitrogens with one attached hydrogen (secondary N) is 2.